The number of rotatable bonds is 15. The Kier molecular flexibility index (Phi) is 12.2. The predicted molar refractivity (Wildman–Crippen MR) is 174 cm³/mol. The van der Waals surface area contributed by atoms with E-state index in [4.69, 9.17) is 26.3 Å². The van der Waals surface area contributed by atoms with E-state index >= 15 is 0 Å². The fourth-order valence-electron chi connectivity index (χ4n) is 6.69. The van der Waals surface area contributed by atoms with Crippen molar-refractivity contribution >= 4 is 23.3 Å². The van der Waals surface area contributed by atoms with Crippen LogP contribution in [0.4, 0.5) is 14.6 Å². The first-order chi connectivity index (χ1) is 21.6. The lowest BCUT2D eigenvalue weighted by Gasteiger charge is -2.47. The quantitative estimate of drug-likeness (QED) is 0.125. The second-order valence-corrected chi connectivity index (χ2v) is 12.8. The highest BCUT2D eigenvalue weighted by Gasteiger charge is 2.52. The maximum absolute atomic E-state index is 14.3. The summed E-state index contributed by atoms with van der Waals surface area (Å²) in [4.78, 5) is 28.0. The SMILES string of the molecule is C=C/C=C\C(CCCCc1nc(OCC23CCN2CC(F)C3)nc(N2CCN(C(=O)C(=C)F)C(CC#N)C2)c1CCC)=C(/C)Cl. The first kappa shape index (κ1) is 34.6. The van der Waals surface area contributed by atoms with E-state index in [9.17, 15) is 18.8 Å². The number of ether oxygens (including phenoxy) is 1. The highest BCUT2D eigenvalue weighted by Crippen LogP contribution is 2.42. The first-order valence-electron chi connectivity index (χ1n) is 16.0. The number of carbonyl (C=O) groups excluding carboxylic acids is 1. The molecule has 1 aromatic rings. The largest absolute Gasteiger partial charge is 0.461 e. The van der Waals surface area contributed by atoms with Gasteiger partial charge in [-0.15, -0.1) is 0 Å². The van der Waals surface area contributed by atoms with Gasteiger partial charge >= 0.3 is 6.01 Å². The van der Waals surface area contributed by atoms with Gasteiger partial charge in [0.05, 0.1) is 29.8 Å². The zero-order chi connectivity index (χ0) is 32.6. The second-order valence-electron chi connectivity index (χ2n) is 12.2. The van der Waals surface area contributed by atoms with Gasteiger partial charge in [-0.2, -0.15) is 15.2 Å². The molecule has 0 aliphatic carbocycles. The van der Waals surface area contributed by atoms with E-state index in [2.05, 4.69) is 36.0 Å². The van der Waals surface area contributed by atoms with Gasteiger partial charge in [-0.05, 0) is 51.0 Å². The molecule has 0 spiro atoms. The van der Waals surface area contributed by atoms with Crippen molar-refractivity contribution in [1.82, 2.24) is 19.8 Å². The number of halogens is 3. The summed E-state index contributed by atoms with van der Waals surface area (Å²) in [5.74, 6) is -1.10. The van der Waals surface area contributed by atoms with E-state index in [1.54, 1.807) is 6.08 Å². The van der Waals surface area contributed by atoms with E-state index in [-0.39, 0.29) is 24.5 Å². The minimum Gasteiger partial charge on any atom is -0.461 e. The number of aromatic nitrogens is 2. The van der Waals surface area contributed by atoms with Crippen LogP contribution in [0.15, 0.2) is 47.8 Å². The molecule has 0 saturated carbocycles. The topological polar surface area (TPSA) is 85.6 Å². The van der Waals surface area contributed by atoms with E-state index in [0.717, 1.165) is 72.8 Å². The molecule has 3 aliphatic heterocycles. The van der Waals surface area contributed by atoms with Crippen molar-refractivity contribution in [3.63, 3.8) is 0 Å². The first-order valence-corrected chi connectivity index (χ1v) is 16.3. The molecule has 3 aliphatic rings. The number of unbranched alkanes of at least 4 members (excludes halogenated alkanes) is 1. The molecule has 1 amide bonds. The lowest BCUT2D eigenvalue weighted by molar-refractivity contribution is -0.131. The van der Waals surface area contributed by atoms with Gasteiger partial charge in [0.15, 0.2) is 5.83 Å². The number of piperazine rings is 1. The predicted octanol–water partition coefficient (Wildman–Crippen LogP) is 6.38. The van der Waals surface area contributed by atoms with Crippen molar-refractivity contribution in [2.24, 2.45) is 0 Å². The van der Waals surface area contributed by atoms with Crippen molar-refractivity contribution in [3.8, 4) is 12.1 Å². The molecule has 244 valence electrons. The Hall–Kier alpha value is -3.29. The van der Waals surface area contributed by atoms with Crippen LogP contribution in [0.25, 0.3) is 0 Å². The van der Waals surface area contributed by atoms with Crippen LogP contribution in [0.3, 0.4) is 0 Å². The number of allylic oxidation sites excluding steroid dienone is 5. The molecular formula is C34H45ClF2N6O2. The van der Waals surface area contributed by atoms with Crippen LogP contribution in [0.2, 0.25) is 0 Å². The fourth-order valence-corrected chi connectivity index (χ4v) is 6.84. The van der Waals surface area contributed by atoms with Crippen LogP contribution in [0, 0.1) is 11.3 Å². The maximum Gasteiger partial charge on any atom is 0.318 e. The van der Waals surface area contributed by atoms with Crippen LogP contribution in [0.1, 0.15) is 70.1 Å². The number of hydrogen-bond acceptors (Lipinski definition) is 7. The number of hydrogen-bond donors (Lipinski definition) is 0. The molecule has 45 heavy (non-hydrogen) atoms. The highest BCUT2D eigenvalue weighted by molar-refractivity contribution is 6.29. The minimum atomic E-state index is -1.03. The number of carbonyl (C=O) groups is 1. The van der Waals surface area contributed by atoms with E-state index in [1.165, 1.54) is 4.90 Å². The van der Waals surface area contributed by atoms with Gasteiger partial charge in [-0.1, -0.05) is 56.3 Å². The van der Waals surface area contributed by atoms with Crippen molar-refractivity contribution in [2.75, 3.05) is 44.2 Å². The molecule has 3 fully saturated rings. The second kappa shape index (κ2) is 15.8. The number of alkyl halides is 1. The summed E-state index contributed by atoms with van der Waals surface area (Å²) in [5, 5.41) is 10.3. The minimum absolute atomic E-state index is 0.0544. The monoisotopic (exact) mass is 642 g/mol. The normalized spacial score (nSPS) is 23.7. The van der Waals surface area contributed by atoms with Gasteiger partial charge in [-0.3, -0.25) is 9.69 Å². The summed E-state index contributed by atoms with van der Waals surface area (Å²) in [6.45, 7) is 13.5. The molecule has 4 heterocycles. The molecule has 4 rings (SSSR count). The molecule has 3 atom stereocenters. The summed E-state index contributed by atoms with van der Waals surface area (Å²) in [6.07, 6.45) is 11.0. The number of nitrogens with zero attached hydrogens (tertiary/aromatic N) is 6. The van der Waals surface area contributed by atoms with Gasteiger partial charge in [0, 0.05) is 49.7 Å². The number of anilines is 1. The van der Waals surface area contributed by atoms with Gasteiger partial charge < -0.3 is 14.5 Å². The molecule has 0 radical (unpaired) electrons. The van der Waals surface area contributed by atoms with Crippen LogP contribution < -0.4 is 9.64 Å². The number of fused-ring (bicyclic) bond motifs is 1. The maximum atomic E-state index is 14.3. The van der Waals surface area contributed by atoms with Gasteiger partial charge in [0.1, 0.15) is 18.6 Å². The smallest absolute Gasteiger partial charge is 0.318 e. The molecule has 0 bridgehead atoms. The van der Waals surface area contributed by atoms with Crippen LogP contribution in [-0.2, 0) is 17.6 Å². The summed E-state index contributed by atoms with van der Waals surface area (Å²) in [7, 11) is 0. The zero-order valence-electron chi connectivity index (χ0n) is 26.5. The van der Waals surface area contributed by atoms with Crippen LogP contribution in [0.5, 0.6) is 6.01 Å². The fraction of sp³-hybridized carbons (Fsp3) is 0.588. The van der Waals surface area contributed by atoms with Crippen LogP contribution in [-0.4, -0.2) is 82.8 Å². The third kappa shape index (κ3) is 8.30. The Morgan fingerprint density at radius 3 is 2.67 bits per heavy atom. The van der Waals surface area contributed by atoms with E-state index in [0.29, 0.717) is 39.1 Å². The molecule has 0 N–H and O–H groups in total. The molecule has 11 heteroatoms. The van der Waals surface area contributed by atoms with Crippen molar-refractivity contribution < 1.29 is 18.3 Å². The van der Waals surface area contributed by atoms with Gasteiger partial charge in [0.2, 0.25) is 0 Å². The lowest BCUT2D eigenvalue weighted by atomic mass is 9.86. The summed E-state index contributed by atoms with van der Waals surface area (Å²) < 4.78 is 34.4. The van der Waals surface area contributed by atoms with E-state index < -0.39 is 23.9 Å². The third-order valence-corrected chi connectivity index (χ3v) is 9.39. The lowest BCUT2D eigenvalue weighted by Crippen LogP contribution is -2.59. The van der Waals surface area contributed by atoms with E-state index in [1.807, 2.05) is 19.1 Å². The standard InChI is InChI=1S/C34H45ClF2N6O2/c1-5-7-11-26(24(3)35)12-8-9-13-30-29(10-6-2)31(41-18-19-43(32(44)25(4)36)28(22-41)14-16-38)40-33(39-30)45-23-34-15-17-42(34)21-27(37)20-34/h5,7,11,27-28H,1,4,6,8-10,12-15,17-23H2,2-3H3/b11-7-,26-24-. The molecule has 3 unspecified atom stereocenters. The Morgan fingerprint density at radius 1 is 1.24 bits per heavy atom. The van der Waals surface area contributed by atoms with Crippen LogP contribution >= 0.6 is 11.6 Å². The van der Waals surface area contributed by atoms with Crippen molar-refractivity contribution in [2.45, 2.75) is 89.4 Å². The third-order valence-electron chi connectivity index (χ3n) is 9.15. The van der Waals surface area contributed by atoms with Gasteiger partial charge in [-0.25, -0.2) is 8.78 Å². The number of aryl methyl sites for hydroxylation is 1. The molecule has 3 saturated heterocycles. The molecule has 8 nitrogen and oxygen atoms in total. The number of amides is 1. The Bertz CT molecular complexity index is 1360. The zero-order valence-corrected chi connectivity index (χ0v) is 27.3. The molecule has 1 aromatic heterocycles. The van der Waals surface area contributed by atoms with Gasteiger partial charge in [0.25, 0.3) is 5.91 Å². The molecular weight excluding hydrogens is 598 g/mol. The Balaban J connectivity index is 1.61. The summed E-state index contributed by atoms with van der Waals surface area (Å²) in [5.41, 5.74) is 2.66. The Morgan fingerprint density at radius 2 is 2.04 bits per heavy atom. The summed E-state index contributed by atoms with van der Waals surface area (Å²) in [6, 6.07) is 1.88. The average Bonchev–Trinajstić information content (AvgIpc) is 3.23. The molecule has 0 aromatic carbocycles. The summed E-state index contributed by atoms with van der Waals surface area (Å²) >= 11 is 6.33. The van der Waals surface area contributed by atoms with Crippen molar-refractivity contribution in [1.29, 1.82) is 5.26 Å². The Labute approximate surface area is 271 Å². The number of nitriles is 1. The average molecular weight is 643 g/mol. The van der Waals surface area contributed by atoms with Crippen molar-refractivity contribution in [3.05, 3.63) is 59.1 Å². The highest BCUT2D eigenvalue weighted by atomic mass is 35.5.